The lowest BCUT2D eigenvalue weighted by molar-refractivity contribution is -0.129. The molecular weight excluding hydrogens is 410 g/mol. The van der Waals surface area contributed by atoms with Crippen molar-refractivity contribution in [1.82, 2.24) is 16.0 Å². The molecule has 4 N–H and O–H groups in total. The minimum absolute atomic E-state index is 0.172. The monoisotopic (exact) mass is 435 g/mol. The van der Waals surface area contributed by atoms with Gasteiger partial charge in [-0.25, -0.2) is 4.79 Å². The lowest BCUT2D eigenvalue weighted by atomic mass is 10.1. The largest absolute Gasteiger partial charge is 0.478 e. The van der Waals surface area contributed by atoms with Gasteiger partial charge in [0.05, 0.1) is 12.1 Å². The molecular formula is C24H25N3O5. The first-order chi connectivity index (χ1) is 15.3. The Bertz CT molecular complexity index is 1010. The van der Waals surface area contributed by atoms with Crippen molar-refractivity contribution >= 4 is 23.7 Å². The number of amides is 3. The molecule has 3 amide bonds. The minimum atomic E-state index is -1.01. The van der Waals surface area contributed by atoms with Crippen LogP contribution in [0.3, 0.4) is 0 Å². The standard InChI is InChI=1S/C24H25N3O5/c1-17(28)27-21(10-6-5-7-18-11-13-20(14-12-18)24(31)32)23(30)26-16-22(29)25-15-19-8-3-2-4-9-19/h2-4,8-9,11-14,21H,6,10,15-16H2,1H3,(H,25,29)(H,26,30)(H,27,28)(H,31,32)/t21-/m0/s1. The maximum Gasteiger partial charge on any atom is 0.335 e. The molecule has 2 aromatic carbocycles. The van der Waals surface area contributed by atoms with Crippen molar-refractivity contribution < 1.29 is 24.3 Å². The van der Waals surface area contributed by atoms with Crippen LogP contribution in [0.15, 0.2) is 54.6 Å². The Hall–Kier alpha value is -4.12. The first kappa shape index (κ1) is 24.2. The molecule has 32 heavy (non-hydrogen) atoms. The molecule has 1 atom stereocenters. The molecule has 0 spiro atoms. The van der Waals surface area contributed by atoms with Gasteiger partial charge in [0, 0.05) is 25.5 Å². The number of hydrogen-bond donors (Lipinski definition) is 4. The number of rotatable bonds is 9. The molecule has 0 aliphatic carbocycles. The molecule has 0 bridgehead atoms. The summed E-state index contributed by atoms with van der Waals surface area (Å²) in [6, 6.07) is 14.7. The van der Waals surface area contributed by atoms with Gasteiger partial charge in [0.2, 0.25) is 17.7 Å². The quantitative estimate of drug-likeness (QED) is 0.444. The molecule has 8 heteroatoms. The van der Waals surface area contributed by atoms with Crippen LogP contribution < -0.4 is 16.0 Å². The number of nitrogens with one attached hydrogen (secondary N) is 3. The highest BCUT2D eigenvalue weighted by Gasteiger charge is 2.19. The second kappa shape index (κ2) is 12.5. The minimum Gasteiger partial charge on any atom is -0.478 e. The number of carboxylic acid groups (broad SMARTS) is 1. The third-order valence-electron chi connectivity index (χ3n) is 4.37. The number of carboxylic acids is 1. The summed E-state index contributed by atoms with van der Waals surface area (Å²) >= 11 is 0. The summed E-state index contributed by atoms with van der Waals surface area (Å²) in [7, 11) is 0. The lowest BCUT2D eigenvalue weighted by Gasteiger charge is -2.16. The third-order valence-corrected chi connectivity index (χ3v) is 4.37. The Morgan fingerprint density at radius 1 is 0.969 bits per heavy atom. The van der Waals surface area contributed by atoms with Crippen LogP contribution >= 0.6 is 0 Å². The molecule has 0 aliphatic heterocycles. The van der Waals surface area contributed by atoms with Crippen molar-refractivity contribution in [3.05, 3.63) is 71.3 Å². The Morgan fingerprint density at radius 3 is 2.28 bits per heavy atom. The van der Waals surface area contributed by atoms with E-state index in [0.29, 0.717) is 18.5 Å². The van der Waals surface area contributed by atoms with E-state index in [0.717, 1.165) is 5.56 Å². The van der Waals surface area contributed by atoms with Gasteiger partial charge in [-0.3, -0.25) is 14.4 Å². The summed E-state index contributed by atoms with van der Waals surface area (Å²) in [6.07, 6.45) is 0.580. The van der Waals surface area contributed by atoms with Gasteiger partial charge in [-0.1, -0.05) is 42.2 Å². The van der Waals surface area contributed by atoms with Crippen LogP contribution in [0.25, 0.3) is 0 Å². The fraction of sp³-hybridized carbons (Fsp3) is 0.250. The van der Waals surface area contributed by atoms with E-state index in [1.807, 2.05) is 30.3 Å². The van der Waals surface area contributed by atoms with Gasteiger partial charge in [0.15, 0.2) is 0 Å². The van der Waals surface area contributed by atoms with Crippen LogP contribution in [0.2, 0.25) is 0 Å². The molecule has 0 radical (unpaired) electrons. The number of carbonyl (C=O) groups excluding carboxylic acids is 3. The summed E-state index contributed by atoms with van der Waals surface area (Å²) < 4.78 is 0. The molecule has 0 fully saturated rings. The maximum absolute atomic E-state index is 12.4. The Kier molecular flexibility index (Phi) is 9.47. The van der Waals surface area contributed by atoms with E-state index in [9.17, 15) is 19.2 Å². The predicted octanol–water partition coefficient (Wildman–Crippen LogP) is 1.45. The fourth-order valence-electron chi connectivity index (χ4n) is 2.74. The van der Waals surface area contributed by atoms with E-state index in [2.05, 4.69) is 27.8 Å². The molecule has 0 saturated heterocycles. The normalized spacial score (nSPS) is 10.8. The summed E-state index contributed by atoms with van der Waals surface area (Å²) in [5.74, 6) is 3.61. The topological polar surface area (TPSA) is 125 Å². The zero-order valence-corrected chi connectivity index (χ0v) is 17.7. The molecule has 0 aliphatic rings. The number of benzene rings is 2. The number of hydrogen-bond acceptors (Lipinski definition) is 4. The van der Waals surface area contributed by atoms with Gasteiger partial charge in [0.25, 0.3) is 0 Å². The summed E-state index contributed by atoms with van der Waals surface area (Å²) in [4.78, 5) is 46.7. The van der Waals surface area contributed by atoms with Gasteiger partial charge in [0.1, 0.15) is 6.04 Å². The molecule has 0 unspecified atom stereocenters. The number of carbonyl (C=O) groups is 4. The van der Waals surface area contributed by atoms with E-state index in [1.54, 1.807) is 12.1 Å². The van der Waals surface area contributed by atoms with Crippen LogP contribution in [-0.4, -0.2) is 41.4 Å². The molecule has 2 rings (SSSR count). The van der Waals surface area contributed by atoms with Crippen molar-refractivity contribution in [1.29, 1.82) is 0 Å². The van der Waals surface area contributed by atoms with Gasteiger partial charge in [-0.05, 0) is 36.2 Å². The van der Waals surface area contributed by atoms with Gasteiger partial charge >= 0.3 is 5.97 Å². The van der Waals surface area contributed by atoms with Crippen LogP contribution in [-0.2, 0) is 20.9 Å². The van der Waals surface area contributed by atoms with Crippen molar-refractivity contribution in [2.45, 2.75) is 32.4 Å². The van der Waals surface area contributed by atoms with Crippen LogP contribution in [0.5, 0.6) is 0 Å². The van der Waals surface area contributed by atoms with Crippen molar-refractivity contribution in [2.75, 3.05) is 6.54 Å². The SMILES string of the molecule is CC(=O)N[C@@H](CCC#Cc1ccc(C(=O)O)cc1)C(=O)NCC(=O)NCc1ccccc1. The summed E-state index contributed by atoms with van der Waals surface area (Å²) in [5, 5.41) is 16.7. The first-order valence-corrected chi connectivity index (χ1v) is 10.0. The fourth-order valence-corrected chi connectivity index (χ4v) is 2.74. The van der Waals surface area contributed by atoms with Crippen LogP contribution in [0.1, 0.15) is 41.3 Å². The molecule has 8 nitrogen and oxygen atoms in total. The predicted molar refractivity (Wildman–Crippen MR) is 118 cm³/mol. The highest BCUT2D eigenvalue weighted by atomic mass is 16.4. The van der Waals surface area contributed by atoms with E-state index in [4.69, 9.17) is 5.11 Å². The second-order valence-corrected chi connectivity index (χ2v) is 6.96. The average Bonchev–Trinajstić information content (AvgIpc) is 2.78. The summed E-state index contributed by atoms with van der Waals surface area (Å²) in [6.45, 7) is 1.46. The summed E-state index contributed by atoms with van der Waals surface area (Å²) in [5.41, 5.74) is 1.76. The second-order valence-electron chi connectivity index (χ2n) is 6.96. The van der Waals surface area contributed by atoms with Crippen molar-refractivity contribution in [2.24, 2.45) is 0 Å². The zero-order chi connectivity index (χ0) is 23.3. The van der Waals surface area contributed by atoms with E-state index < -0.39 is 17.9 Å². The Labute approximate surface area is 186 Å². The first-order valence-electron chi connectivity index (χ1n) is 10.0. The maximum atomic E-state index is 12.4. The molecule has 0 saturated carbocycles. The van der Waals surface area contributed by atoms with E-state index >= 15 is 0 Å². The van der Waals surface area contributed by atoms with Gasteiger partial charge in [-0.15, -0.1) is 0 Å². The highest BCUT2D eigenvalue weighted by Crippen LogP contribution is 2.04. The Balaban J connectivity index is 1.82. The van der Waals surface area contributed by atoms with Crippen LogP contribution in [0.4, 0.5) is 0 Å². The van der Waals surface area contributed by atoms with E-state index in [-0.39, 0.29) is 30.3 Å². The third kappa shape index (κ3) is 8.71. The van der Waals surface area contributed by atoms with E-state index in [1.165, 1.54) is 19.1 Å². The van der Waals surface area contributed by atoms with Gasteiger partial charge < -0.3 is 21.1 Å². The van der Waals surface area contributed by atoms with Crippen LogP contribution in [0, 0.1) is 11.8 Å². The van der Waals surface area contributed by atoms with Gasteiger partial charge in [-0.2, -0.15) is 0 Å². The van der Waals surface area contributed by atoms with Crippen molar-refractivity contribution in [3.8, 4) is 11.8 Å². The average molecular weight is 435 g/mol. The zero-order valence-electron chi connectivity index (χ0n) is 17.7. The number of aromatic carboxylic acids is 1. The Morgan fingerprint density at radius 2 is 1.66 bits per heavy atom. The molecule has 0 aromatic heterocycles. The molecule has 0 heterocycles. The highest BCUT2D eigenvalue weighted by molar-refractivity contribution is 5.90. The smallest absolute Gasteiger partial charge is 0.335 e. The lowest BCUT2D eigenvalue weighted by Crippen LogP contribution is -2.48. The molecule has 166 valence electrons. The van der Waals surface area contributed by atoms with Crippen molar-refractivity contribution in [3.63, 3.8) is 0 Å². The molecule has 2 aromatic rings.